The Balaban J connectivity index is 1.71. The summed E-state index contributed by atoms with van der Waals surface area (Å²) in [6.45, 7) is 6.66. The summed E-state index contributed by atoms with van der Waals surface area (Å²) in [5.41, 5.74) is 2.94. The average Bonchev–Trinajstić information content (AvgIpc) is 2.64. The van der Waals surface area contributed by atoms with Gasteiger partial charge in [0, 0.05) is 17.2 Å². The van der Waals surface area contributed by atoms with Crippen molar-refractivity contribution < 1.29 is 14.2 Å². The molecule has 0 bridgehead atoms. The van der Waals surface area contributed by atoms with E-state index in [1.807, 2.05) is 51.1 Å². The summed E-state index contributed by atoms with van der Waals surface area (Å²) in [5, 5.41) is 0. The standard InChI is InChI=1S/C23H26O3/c1-17(25-14-8-11-18-9-6-5-7-10-18)20-15-19-12-13-23(2,3)26-21(19)16-22(20)24-4/h5-13,15-17H,14H2,1-4H3/b11-8+. The van der Waals surface area contributed by atoms with Crippen molar-refractivity contribution in [3.05, 3.63) is 71.3 Å². The zero-order valence-electron chi connectivity index (χ0n) is 15.9. The molecular formula is C23H26O3. The van der Waals surface area contributed by atoms with E-state index in [1.54, 1.807) is 7.11 Å². The lowest BCUT2D eigenvalue weighted by molar-refractivity contribution is 0.0866. The smallest absolute Gasteiger partial charge is 0.131 e. The van der Waals surface area contributed by atoms with Crippen LogP contribution in [-0.4, -0.2) is 19.3 Å². The molecule has 0 saturated carbocycles. The van der Waals surface area contributed by atoms with Crippen LogP contribution in [-0.2, 0) is 4.74 Å². The van der Waals surface area contributed by atoms with Gasteiger partial charge < -0.3 is 14.2 Å². The first kappa shape index (κ1) is 18.3. The van der Waals surface area contributed by atoms with E-state index in [4.69, 9.17) is 14.2 Å². The Bertz CT molecular complexity index is 804. The summed E-state index contributed by atoms with van der Waals surface area (Å²) in [4.78, 5) is 0. The second kappa shape index (κ2) is 7.79. The molecule has 0 fully saturated rings. The summed E-state index contributed by atoms with van der Waals surface area (Å²) in [7, 11) is 1.68. The average molecular weight is 350 g/mol. The summed E-state index contributed by atoms with van der Waals surface area (Å²) >= 11 is 0. The van der Waals surface area contributed by atoms with Crippen molar-refractivity contribution in [2.45, 2.75) is 32.5 Å². The Morgan fingerprint density at radius 2 is 1.92 bits per heavy atom. The van der Waals surface area contributed by atoms with Gasteiger partial charge in [-0.25, -0.2) is 0 Å². The molecule has 26 heavy (non-hydrogen) atoms. The highest BCUT2D eigenvalue weighted by Gasteiger charge is 2.24. The zero-order chi connectivity index (χ0) is 18.6. The topological polar surface area (TPSA) is 27.7 Å². The molecule has 2 aromatic carbocycles. The van der Waals surface area contributed by atoms with Gasteiger partial charge in [-0.05, 0) is 38.5 Å². The van der Waals surface area contributed by atoms with Crippen LogP contribution < -0.4 is 9.47 Å². The predicted molar refractivity (Wildman–Crippen MR) is 107 cm³/mol. The fraction of sp³-hybridized carbons (Fsp3) is 0.304. The maximum Gasteiger partial charge on any atom is 0.131 e. The molecule has 1 aliphatic rings. The fourth-order valence-corrected chi connectivity index (χ4v) is 2.95. The van der Waals surface area contributed by atoms with Crippen LogP contribution in [0.3, 0.4) is 0 Å². The lowest BCUT2D eigenvalue weighted by atomic mass is 9.98. The Morgan fingerprint density at radius 1 is 1.15 bits per heavy atom. The molecule has 0 N–H and O–H groups in total. The van der Waals surface area contributed by atoms with Crippen molar-refractivity contribution in [3.63, 3.8) is 0 Å². The van der Waals surface area contributed by atoms with Crippen molar-refractivity contribution in [2.24, 2.45) is 0 Å². The minimum atomic E-state index is -0.302. The number of fused-ring (bicyclic) bond motifs is 1. The number of methoxy groups -OCH3 is 1. The molecule has 1 aliphatic heterocycles. The van der Waals surface area contributed by atoms with Gasteiger partial charge in [0.15, 0.2) is 0 Å². The minimum Gasteiger partial charge on any atom is -0.496 e. The highest BCUT2D eigenvalue weighted by Crippen LogP contribution is 2.38. The monoisotopic (exact) mass is 350 g/mol. The van der Waals surface area contributed by atoms with Gasteiger partial charge in [-0.15, -0.1) is 0 Å². The van der Waals surface area contributed by atoms with Gasteiger partial charge in [0.25, 0.3) is 0 Å². The summed E-state index contributed by atoms with van der Waals surface area (Å²) in [6.07, 6.45) is 8.18. The third-order valence-corrected chi connectivity index (χ3v) is 4.39. The summed E-state index contributed by atoms with van der Waals surface area (Å²) < 4.78 is 17.6. The Morgan fingerprint density at radius 3 is 2.65 bits per heavy atom. The van der Waals surface area contributed by atoms with Gasteiger partial charge in [-0.3, -0.25) is 0 Å². The number of hydrogen-bond donors (Lipinski definition) is 0. The van der Waals surface area contributed by atoms with Crippen LogP contribution in [0.15, 0.2) is 54.6 Å². The molecule has 0 aliphatic carbocycles. The Labute approximate surface area is 155 Å². The largest absolute Gasteiger partial charge is 0.496 e. The van der Waals surface area contributed by atoms with Crippen molar-refractivity contribution >= 4 is 12.2 Å². The van der Waals surface area contributed by atoms with E-state index < -0.39 is 0 Å². The van der Waals surface area contributed by atoms with Crippen LogP contribution in [0.5, 0.6) is 11.5 Å². The van der Waals surface area contributed by atoms with E-state index in [-0.39, 0.29) is 11.7 Å². The second-order valence-electron chi connectivity index (χ2n) is 6.96. The number of benzene rings is 2. The number of rotatable bonds is 6. The van der Waals surface area contributed by atoms with Gasteiger partial charge in [0.1, 0.15) is 17.1 Å². The predicted octanol–water partition coefficient (Wildman–Crippen LogP) is 5.67. The molecule has 1 atom stereocenters. The van der Waals surface area contributed by atoms with E-state index >= 15 is 0 Å². The molecule has 0 spiro atoms. The number of hydrogen-bond acceptors (Lipinski definition) is 3. The molecule has 3 rings (SSSR count). The van der Waals surface area contributed by atoms with E-state index in [0.29, 0.717) is 6.61 Å². The first-order chi connectivity index (χ1) is 12.5. The second-order valence-corrected chi connectivity index (χ2v) is 6.96. The van der Waals surface area contributed by atoms with Gasteiger partial charge in [0.05, 0.1) is 19.8 Å². The van der Waals surface area contributed by atoms with Gasteiger partial charge in [-0.1, -0.05) is 48.6 Å². The molecule has 0 radical (unpaired) electrons. The van der Waals surface area contributed by atoms with Crippen LogP contribution in [0.25, 0.3) is 12.2 Å². The molecule has 1 unspecified atom stereocenters. The molecule has 0 amide bonds. The van der Waals surface area contributed by atoms with Crippen molar-refractivity contribution in [1.82, 2.24) is 0 Å². The third kappa shape index (κ3) is 4.36. The Kier molecular flexibility index (Phi) is 5.48. The molecule has 2 aromatic rings. The first-order valence-corrected chi connectivity index (χ1v) is 8.92. The molecule has 136 valence electrons. The van der Waals surface area contributed by atoms with Crippen LogP contribution in [0, 0.1) is 0 Å². The molecule has 3 heteroatoms. The van der Waals surface area contributed by atoms with E-state index in [0.717, 1.165) is 22.6 Å². The van der Waals surface area contributed by atoms with Crippen molar-refractivity contribution in [2.75, 3.05) is 13.7 Å². The van der Waals surface area contributed by atoms with Gasteiger partial charge in [0.2, 0.25) is 0 Å². The lowest BCUT2D eigenvalue weighted by Crippen LogP contribution is -2.27. The quantitative estimate of drug-likeness (QED) is 0.672. The summed E-state index contributed by atoms with van der Waals surface area (Å²) in [5.74, 6) is 1.63. The Hall–Kier alpha value is -2.52. The van der Waals surface area contributed by atoms with Crippen LogP contribution in [0.2, 0.25) is 0 Å². The summed E-state index contributed by atoms with van der Waals surface area (Å²) in [6, 6.07) is 14.2. The lowest BCUT2D eigenvalue weighted by Gasteiger charge is -2.29. The molecule has 3 nitrogen and oxygen atoms in total. The first-order valence-electron chi connectivity index (χ1n) is 8.92. The van der Waals surface area contributed by atoms with E-state index in [1.165, 1.54) is 5.56 Å². The normalized spacial score (nSPS) is 16.2. The highest BCUT2D eigenvalue weighted by atomic mass is 16.5. The van der Waals surface area contributed by atoms with Crippen molar-refractivity contribution in [3.8, 4) is 11.5 Å². The fourth-order valence-electron chi connectivity index (χ4n) is 2.95. The minimum absolute atomic E-state index is 0.0842. The van der Waals surface area contributed by atoms with Gasteiger partial charge in [-0.2, -0.15) is 0 Å². The highest BCUT2D eigenvalue weighted by molar-refractivity contribution is 5.64. The maximum atomic E-state index is 6.03. The number of ether oxygens (including phenoxy) is 3. The SMILES string of the molecule is COc1cc2c(cc1C(C)OC/C=C/c1ccccc1)C=CC(C)(C)O2. The van der Waals surface area contributed by atoms with Crippen LogP contribution in [0.1, 0.15) is 43.6 Å². The van der Waals surface area contributed by atoms with Crippen LogP contribution in [0.4, 0.5) is 0 Å². The third-order valence-electron chi connectivity index (χ3n) is 4.39. The van der Waals surface area contributed by atoms with Gasteiger partial charge >= 0.3 is 0 Å². The maximum absolute atomic E-state index is 6.03. The van der Waals surface area contributed by atoms with E-state index in [9.17, 15) is 0 Å². The van der Waals surface area contributed by atoms with E-state index in [2.05, 4.69) is 36.4 Å². The van der Waals surface area contributed by atoms with Crippen molar-refractivity contribution in [1.29, 1.82) is 0 Å². The molecule has 0 aromatic heterocycles. The van der Waals surface area contributed by atoms with Crippen LogP contribution >= 0.6 is 0 Å². The molecule has 0 saturated heterocycles. The zero-order valence-corrected chi connectivity index (χ0v) is 15.9. The molecule has 1 heterocycles. The molecular weight excluding hydrogens is 324 g/mol.